The maximum absolute atomic E-state index is 12.1. The van der Waals surface area contributed by atoms with Gasteiger partial charge in [-0.15, -0.1) is 11.3 Å². The van der Waals surface area contributed by atoms with Crippen molar-refractivity contribution >= 4 is 17.2 Å². The van der Waals surface area contributed by atoms with E-state index in [1.165, 1.54) is 0 Å². The van der Waals surface area contributed by atoms with E-state index < -0.39 is 0 Å². The van der Waals surface area contributed by atoms with Crippen LogP contribution in [0.1, 0.15) is 16.2 Å². The Hall–Kier alpha value is -3.33. The van der Waals surface area contributed by atoms with Crippen molar-refractivity contribution in [3.63, 3.8) is 0 Å². The van der Waals surface area contributed by atoms with Crippen molar-refractivity contribution in [3.05, 3.63) is 59.6 Å². The second-order valence-corrected chi connectivity index (χ2v) is 6.75. The predicted octanol–water partition coefficient (Wildman–Crippen LogP) is 2.80. The number of carbonyl (C=O) groups is 1. The van der Waals surface area contributed by atoms with E-state index in [0.717, 1.165) is 21.7 Å². The van der Waals surface area contributed by atoms with Crippen LogP contribution in [0.4, 0.5) is 0 Å². The standard InChI is InChI=1S/C18H16N6O2S/c1-12-16(23-26-22-12)18(25)20-8-9-24-17(15-3-2-10-27-15)14(11-21-24)13-4-6-19-7-5-13/h2-7,10-11H,8-9H2,1H3,(H,20,25). The van der Waals surface area contributed by atoms with E-state index in [4.69, 9.17) is 0 Å². The topological polar surface area (TPSA) is 98.7 Å². The van der Waals surface area contributed by atoms with Gasteiger partial charge in [-0.3, -0.25) is 14.5 Å². The summed E-state index contributed by atoms with van der Waals surface area (Å²) >= 11 is 1.65. The molecular weight excluding hydrogens is 364 g/mol. The first kappa shape index (κ1) is 17.1. The van der Waals surface area contributed by atoms with Gasteiger partial charge in [0.05, 0.1) is 23.3 Å². The van der Waals surface area contributed by atoms with E-state index in [9.17, 15) is 4.79 Å². The van der Waals surface area contributed by atoms with Crippen LogP contribution in [0, 0.1) is 6.92 Å². The van der Waals surface area contributed by atoms with E-state index >= 15 is 0 Å². The van der Waals surface area contributed by atoms with Crippen LogP contribution < -0.4 is 5.32 Å². The SMILES string of the molecule is Cc1nonc1C(=O)NCCn1ncc(-c2ccncc2)c1-c1cccs1. The lowest BCUT2D eigenvalue weighted by Crippen LogP contribution is -2.28. The first-order valence-electron chi connectivity index (χ1n) is 8.31. The molecule has 0 fully saturated rings. The van der Waals surface area contributed by atoms with Crippen LogP contribution >= 0.6 is 11.3 Å². The second kappa shape index (κ2) is 7.50. The van der Waals surface area contributed by atoms with E-state index in [0.29, 0.717) is 18.8 Å². The van der Waals surface area contributed by atoms with Crippen LogP contribution in [0.25, 0.3) is 21.7 Å². The van der Waals surface area contributed by atoms with Crippen LogP contribution in [-0.4, -0.2) is 37.5 Å². The molecule has 0 saturated carbocycles. The van der Waals surface area contributed by atoms with Gasteiger partial charge in [-0.1, -0.05) is 11.2 Å². The Morgan fingerprint density at radius 2 is 2.11 bits per heavy atom. The van der Waals surface area contributed by atoms with Gasteiger partial charge < -0.3 is 5.32 Å². The fraction of sp³-hybridized carbons (Fsp3) is 0.167. The minimum atomic E-state index is -0.312. The van der Waals surface area contributed by atoms with Crippen molar-refractivity contribution in [1.82, 2.24) is 30.4 Å². The van der Waals surface area contributed by atoms with Gasteiger partial charge in [0.25, 0.3) is 5.91 Å². The molecule has 0 spiro atoms. The summed E-state index contributed by atoms with van der Waals surface area (Å²) in [5, 5.41) is 16.6. The minimum Gasteiger partial charge on any atom is -0.349 e. The second-order valence-electron chi connectivity index (χ2n) is 5.80. The third-order valence-corrected chi connectivity index (χ3v) is 4.94. The molecule has 0 aromatic carbocycles. The lowest BCUT2D eigenvalue weighted by Gasteiger charge is -2.09. The summed E-state index contributed by atoms with van der Waals surface area (Å²) < 4.78 is 6.47. The number of pyridine rings is 1. The predicted molar refractivity (Wildman–Crippen MR) is 100 cm³/mol. The Labute approximate surface area is 158 Å². The number of hydrogen-bond donors (Lipinski definition) is 1. The number of nitrogens with one attached hydrogen (secondary N) is 1. The van der Waals surface area contributed by atoms with Gasteiger partial charge in [-0.2, -0.15) is 5.10 Å². The van der Waals surface area contributed by atoms with Gasteiger partial charge in [0.2, 0.25) is 0 Å². The Bertz CT molecular complexity index is 1040. The Morgan fingerprint density at radius 1 is 1.26 bits per heavy atom. The number of thiophene rings is 1. The van der Waals surface area contributed by atoms with E-state index in [1.54, 1.807) is 30.7 Å². The Morgan fingerprint density at radius 3 is 2.81 bits per heavy atom. The number of aromatic nitrogens is 5. The molecule has 0 aliphatic heterocycles. The molecule has 8 nitrogen and oxygen atoms in total. The molecule has 0 bridgehead atoms. The monoisotopic (exact) mass is 380 g/mol. The first-order chi connectivity index (χ1) is 13.2. The van der Waals surface area contributed by atoms with Crippen molar-refractivity contribution in [1.29, 1.82) is 0 Å². The zero-order valence-electron chi connectivity index (χ0n) is 14.5. The molecular formula is C18H16N6O2S. The smallest absolute Gasteiger partial charge is 0.275 e. The van der Waals surface area contributed by atoms with Crippen molar-refractivity contribution in [2.45, 2.75) is 13.5 Å². The third-order valence-electron chi connectivity index (χ3n) is 4.06. The van der Waals surface area contributed by atoms with Crippen LogP contribution in [0.3, 0.4) is 0 Å². The van der Waals surface area contributed by atoms with Crippen LogP contribution in [0.15, 0.2) is 52.9 Å². The van der Waals surface area contributed by atoms with Gasteiger partial charge >= 0.3 is 0 Å². The number of amides is 1. The molecule has 0 saturated heterocycles. The van der Waals surface area contributed by atoms with E-state index in [2.05, 4.69) is 36.4 Å². The van der Waals surface area contributed by atoms with Gasteiger partial charge in [-0.25, -0.2) is 4.63 Å². The van der Waals surface area contributed by atoms with Crippen molar-refractivity contribution in [2.24, 2.45) is 0 Å². The minimum absolute atomic E-state index is 0.200. The third kappa shape index (κ3) is 3.49. The van der Waals surface area contributed by atoms with Crippen LogP contribution in [-0.2, 0) is 6.54 Å². The molecule has 9 heteroatoms. The molecule has 0 radical (unpaired) electrons. The zero-order chi connectivity index (χ0) is 18.6. The normalized spacial score (nSPS) is 10.9. The average molecular weight is 380 g/mol. The molecule has 0 aliphatic carbocycles. The van der Waals surface area contributed by atoms with Crippen molar-refractivity contribution < 1.29 is 9.42 Å². The van der Waals surface area contributed by atoms with Crippen molar-refractivity contribution in [3.8, 4) is 21.7 Å². The lowest BCUT2D eigenvalue weighted by atomic mass is 10.1. The summed E-state index contributed by atoms with van der Waals surface area (Å²) in [5.74, 6) is -0.312. The molecule has 4 aromatic heterocycles. The molecule has 1 N–H and O–H groups in total. The summed E-state index contributed by atoms with van der Waals surface area (Å²) in [6, 6.07) is 7.99. The number of carbonyl (C=O) groups excluding carboxylic acids is 1. The fourth-order valence-corrected chi connectivity index (χ4v) is 3.56. The highest BCUT2D eigenvalue weighted by Gasteiger charge is 2.17. The molecule has 27 heavy (non-hydrogen) atoms. The molecule has 4 heterocycles. The van der Waals surface area contributed by atoms with E-state index in [1.807, 2.05) is 34.5 Å². The number of aryl methyl sites for hydroxylation is 1. The summed E-state index contributed by atoms with van der Waals surface area (Å²) in [6.45, 7) is 2.60. The van der Waals surface area contributed by atoms with Crippen LogP contribution in [0.5, 0.6) is 0 Å². The number of hydrogen-bond acceptors (Lipinski definition) is 7. The molecule has 0 atom stereocenters. The van der Waals surface area contributed by atoms with Gasteiger partial charge in [0.15, 0.2) is 5.69 Å². The maximum atomic E-state index is 12.1. The fourth-order valence-electron chi connectivity index (χ4n) is 2.77. The van der Waals surface area contributed by atoms with E-state index in [-0.39, 0.29) is 11.6 Å². The van der Waals surface area contributed by atoms with Gasteiger partial charge in [-0.05, 0) is 41.2 Å². The molecule has 136 valence electrons. The Balaban J connectivity index is 1.55. The lowest BCUT2D eigenvalue weighted by molar-refractivity contribution is 0.0941. The van der Waals surface area contributed by atoms with Crippen LogP contribution in [0.2, 0.25) is 0 Å². The molecule has 4 aromatic rings. The number of nitrogens with zero attached hydrogens (tertiary/aromatic N) is 5. The average Bonchev–Trinajstić information content (AvgIpc) is 3.42. The molecule has 4 rings (SSSR count). The quantitative estimate of drug-likeness (QED) is 0.552. The highest BCUT2D eigenvalue weighted by molar-refractivity contribution is 7.13. The summed E-state index contributed by atoms with van der Waals surface area (Å²) in [4.78, 5) is 17.3. The van der Waals surface area contributed by atoms with Gasteiger partial charge in [0.1, 0.15) is 5.69 Å². The molecule has 0 aliphatic rings. The summed E-state index contributed by atoms with van der Waals surface area (Å²) in [6.07, 6.45) is 5.37. The highest BCUT2D eigenvalue weighted by atomic mass is 32.1. The molecule has 0 unspecified atom stereocenters. The number of rotatable bonds is 6. The van der Waals surface area contributed by atoms with Gasteiger partial charge in [0, 0.05) is 24.5 Å². The summed E-state index contributed by atoms with van der Waals surface area (Å²) in [5.41, 5.74) is 3.76. The highest BCUT2D eigenvalue weighted by Crippen LogP contribution is 2.34. The Kier molecular flexibility index (Phi) is 4.75. The first-order valence-corrected chi connectivity index (χ1v) is 9.19. The van der Waals surface area contributed by atoms with Crippen molar-refractivity contribution in [2.75, 3.05) is 6.54 Å². The zero-order valence-corrected chi connectivity index (χ0v) is 15.3. The summed E-state index contributed by atoms with van der Waals surface area (Å²) in [7, 11) is 0. The largest absolute Gasteiger partial charge is 0.349 e. The molecule has 1 amide bonds. The maximum Gasteiger partial charge on any atom is 0.275 e.